The Morgan fingerprint density at radius 2 is 1.52 bits per heavy atom. The van der Waals surface area contributed by atoms with Crippen molar-refractivity contribution in [2.45, 2.75) is 49.4 Å². The summed E-state index contributed by atoms with van der Waals surface area (Å²) in [7, 11) is 1.57. The van der Waals surface area contributed by atoms with E-state index in [4.69, 9.17) is 14.2 Å². The lowest BCUT2D eigenvalue weighted by atomic mass is 9.90. The van der Waals surface area contributed by atoms with E-state index in [-0.39, 0.29) is 31.7 Å². The van der Waals surface area contributed by atoms with Gasteiger partial charge in [-0.15, -0.1) is 0 Å². The van der Waals surface area contributed by atoms with Crippen molar-refractivity contribution >= 4 is 23.9 Å². The lowest BCUT2D eigenvalue weighted by Crippen LogP contribution is -2.51. The predicted molar refractivity (Wildman–Crippen MR) is 219 cm³/mol. The zero-order valence-corrected chi connectivity index (χ0v) is 32.1. The van der Waals surface area contributed by atoms with Crippen LogP contribution < -0.4 is 5.32 Å². The Kier molecular flexibility index (Phi) is 12.6. The number of allylic oxidation sites excluding steroid dienone is 1. The maximum Gasteiger partial charge on any atom is 0.338 e. The van der Waals surface area contributed by atoms with Gasteiger partial charge in [-0.05, 0) is 47.4 Å². The lowest BCUT2D eigenvalue weighted by molar-refractivity contribution is -0.157. The Bertz CT molecular complexity index is 2220. The summed E-state index contributed by atoms with van der Waals surface area (Å²) in [6.45, 7) is -0.210. The second-order valence-corrected chi connectivity index (χ2v) is 14.4. The number of rotatable bonds is 14. The average Bonchev–Trinajstić information content (AvgIpc) is 3.67. The first kappa shape index (κ1) is 39.9. The number of aliphatic hydroxyl groups is 1. The van der Waals surface area contributed by atoms with Crippen LogP contribution in [0, 0.1) is 0 Å². The number of carbonyl (C=O) groups is 3. The largest absolute Gasteiger partial charge is 0.508 e. The van der Waals surface area contributed by atoms with E-state index in [1.165, 1.54) is 4.90 Å². The highest BCUT2D eigenvalue weighted by Crippen LogP contribution is 2.47. The number of aromatic hydroxyl groups is 1. The van der Waals surface area contributed by atoms with Crippen molar-refractivity contribution in [3.8, 4) is 5.75 Å². The number of esters is 1. The Hall–Kier alpha value is -6.33. The molecule has 10 heteroatoms. The van der Waals surface area contributed by atoms with Gasteiger partial charge in [0, 0.05) is 43.1 Å². The Labute approximate surface area is 338 Å². The van der Waals surface area contributed by atoms with Gasteiger partial charge in [-0.1, -0.05) is 133 Å². The third kappa shape index (κ3) is 8.95. The molecule has 0 radical (unpaired) electrons. The Balaban J connectivity index is 1.20. The summed E-state index contributed by atoms with van der Waals surface area (Å²) in [4.78, 5) is 43.5. The molecule has 7 rings (SSSR count). The molecule has 0 aromatic heterocycles. The Morgan fingerprint density at radius 3 is 2.19 bits per heavy atom. The van der Waals surface area contributed by atoms with Crippen LogP contribution in [0.5, 0.6) is 5.75 Å². The van der Waals surface area contributed by atoms with Gasteiger partial charge in [0.05, 0.1) is 12.2 Å². The van der Waals surface area contributed by atoms with E-state index in [2.05, 4.69) is 5.32 Å². The van der Waals surface area contributed by atoms with E-state index in [0.717, 1.165) is 27.8 Å². The van der Waals surface area contributed by atoms with Crippen molar-refractivity contribution in [2.75, 3.05) is 20.2 Å². The van der Waals surface area contributed by atoms with Gasteiger partial charge in [-0.25, -0.2) is 4.79 Å². The molecule has 0 spiro atoms. The smallest absolute Gasteiger partial charge is 0.338 e. The Morgan fingerprint density at radius 1 is 0.862 bits per heavy atom. The molecular weight excluding hydrogens is 733 g/mol. The summed E-state index contributed by atoms with van der Waals surface area (Å²) in [5.74, 6) is -2.62. The van der Waals surface area contributed by atoms with E-state index in [0.29, 0.717) is 17.6 Å². The van der Waals surface area contributed by atoms with Crippen LogP contribution in [0.4, 0.5) is 0 Å². The summed E-state index contributed by atoms with van der Waals surface area (Å²) in [6.07, 6.45) is 3.66. The standard InChI is InChI=1S/C48H46N2O8/c1-50(40(45(53)49-27-28-51)30-34-15-5-2-6-16-34)46(54)37-31-42(56-47(55)36-21-14-18-33(29-36)17-13-20-35-19-11-12-26-41(35)52)44-43(32-37)57-48(58-44,38-22-7-3-8-23-38)39-24-9-4-10-25-39/h2-19,21-26,29,32,40,42-44,51-52H,20,27-28,30-31H2,1H3,(H,49,53)/t40-,42-,43-,44+/m1/s1. The number of ether oxygens (including phenoxy) is 3. The zero-order valence-electron chi connectivity index (χ0n) is 32.1. The predicted octanol–water partition coefficient (Wildman–Crippen LogP) is 6.37. The molecule has 2 aliphatic rings. The summed E-state index contributed by atoms with van der Waals surface area (Å²) in [6, 6.07) is 41.7. The zero-order chi connectivity index (χ0) is 40.5. The number of phenols is 1. The molecule has 1 heterocycles. The first-order chi connectivity index (χ1) is 28.3. The highest BCUT2D eigenvalue weighted by molar-refractivity contribution is 5.97. The topological polar surface area (TPSA) is 135 Å². The molecular formula is C48H46N2O8. The van der Waals surface area contributed by atoms with E-state index in [9.17, 15) is 24.6 Å². The minimum atomic E-state index is -1.39. The number of hydrogen-bond acceptors (Lipinski definition) is 8. The number of fused-ring (bicyclic) bond motifs is 1. The summed E-state index contributed by atoms with van der Waals surface area (Å²) in [5, 5.41) is 22.3. The second-order valence-electron chi connectivity index (χ2n) is 14.4. The van der Waals surface area contributed by atoms with E-state index >= 15 is 0 Å². The second kappa shape index (κ2) is 18.3. The fraction of sp³-hybridized carbons (Fsp3) is 0.229. The number of likely N-dealkylation sites (N-methyl/N-ethyl adjacent to an activating group) is 1. The molecule has 0 saturated carbocycles. The van der Waals surface area contributed by atoms with Crippen molar-refractivity contribution in [1.29, 1.82) is 0 Å². The molecule has 4 atom stereocenters. The molecule has 1 saturated heterocycles. The molecule has 58 heavy (non-hydrogen) atoms. The number of para-hydroxylation sites is 1. The monoisotopic (exact) mass is 778 g/mol. The first-order valence-corrected chi connectivity index (χ1v) is 19.4. The SMILES string of the molecule is CN(C(=O)C1=C[C@H]2OC(c3ccccc3)(c3ccccc3)O[C@H]2[C@H](OC(=O)c2cccc(C=CCc3ccccc3O)c2)C1)[C@H](Cc1ccccc1)C(=O)NCCO. The number of aliphatic hydroxyl groups excluding tert-OH is 1. The van der Waals surface area contributed by atoms with Gasteiger partial charge in [0.1, 0.15) is 30.1 Å². The molecule has 1 aliphatic heterocycles. The molecule has 3 N–H and O–H groups in total. The molecule has 1 fully saturated rings. The molecule has 5 aromatic carbocycles. The van der Waals surface area contributed by atoms with Crippen LogP contribution in [0.2, 0.25) is 0 Å². The number of nitrogens with one attached hydrogen (secondary N) is 1. The molecule has 5 aromatic rings. The molecule has 10 nitrogen and oxygen atoms in total. The molecule has 1 aliphatic carbocycles. The number of phenolic OH excluding ortho intramolecular Hbond substituents is 1. The number of amides is 2. The van der Waals surface area contributed by atoms with Crippen LogP contribution >= 0.6 is 0 Å². The van der Waals surface area contributed by atoms with Gasteiger partial charge in [0.2, 0.25) is 17.6 Å². The van der Waals surface area contributed by atoms with Crippen LogP contribution in [0.15, 0.2) is 157 Å². The minimum absolute atomic E-state index is 0.00439. The van der Waals surface area contributed by atoms with Gasteiger partial charge < -0.3 is 34.6 Å². The molecule has 2 amide bonds. The van der Waals surface area contributed by atoms with Gasteiger partial charge >= 0.3 is 5.97 Å². The number of nitrogens with zero attached hydrogens (tertiary/aromatic N) is 1. The van der Waals surface area contributed by atoms with Crippen molar-refractivity contribution in [2.24, 2.45) is 0 Å². The van der Waals surface area contributed by atoms with Crippen LogP contribution in [0.3, 0.4) is 0 Å². The van der Waals surface area contributed by atoms with Crippen molar-refractivity contribution in [3.05, 3.63) is 191 Å². The molecule has 296 valence electrons. The van der Waals surface area contributed by atoms with Crippen LogP contribution in [0.25, 0.3) is 6.08 Å². The number of hydrogen-bond donors (Lipinski definition) is 3. The van der Waals surface area contributed by atoms with E-state index in [1.807, 2.05) is 121 Å². The van der Waals surface area contributed by atoms with E-state index < -0.39 is 47.9 Å². The number of benzene rings is 5. The van der Waals surface area contributed by atoms with Gasteiger partial charge in [0.15, 0.2) is 0 Å². The van der Waals surface area contributed by atoms with Crippen LogP contribution in [-0.2, 0) is 42.4 Å². The highest BCUT2D eigenvalue weighted by Gasteiger charge is 2.55. The number of carbonyl (C=O) groups excluding carboxylic acids is 3. The lowest BCUT2D eigenvalue weighted by Gasteiger charge is -2.33. The average molecular weight is 779 g/mol. The van der Waals surface area contributed by atoms with E-state index in [1.54, 1.807) is 43.5 Å². The maximum atomic E-state index is 14.5. The fourth-order valence-electron chi connectivity index (χ4n) is 7.47. The third-order valence-electron chi connectivity index (χ3n) is 10.5. The van der Waals surface area contributed by atoms with Crippen molar-refractivity contribution in [1.82, 2.24) is 10.2 Å². The van der Waals surface area contributed by atoms with Crippen LogP contribution in [0.1, 0.15) is 44.6 Å². The van der Waals surface area contributed by atoms with Gasteiger partial charge in [-0.3, -0.25) is 9.59 Å². The van der Waals surface area contributed by atoms with Crippen LogP contribution in [-0.4, -0.2) is 77.4 Å². The van der Waals surface area contributed by atoms with Crippen molar-refractivity contribution < 1.29 is 38.8 Å². The quantitative estimate of drug-likeness (QED) is 0.111. The minimum Gasteiger partial charge on any atom is -0.508 e. The molecule has 0 bridgehead atoms. The summed E-state index contributed by atoms with van der Waals surface area (Å²) < 4.78 is 20.1. The summed E-state index contributed by atoms with van der Waals surface area (Å²) in [5.41, 5.74) is 4.46. The maximum absolute atomic E-state index is 14.5. The highest BCUT2D eigenvalue weighted by atomic mass is 16.8. The summed E-state index contributed by atoms with van der Waals surface area (Å²) >= 11 is 0. The molecule has 0 unspecified atom stereocenters. The van der Waals surface area contributed by atoms with Gasteiger partial charge in [-0.2, -0.15) is 0 Å². The first-order valence-electron chi connectivity index (χ1n) is 19.4. The fourth-order valence-corrected chi connectivity index (χ4v) is 7.47. The van der Waals surface area contributed by atoms with Crippen molar-refractivity contribution in [3.63, 3.8) is 0 Å². The van der Waals surface area contributed by atoms with Gasteiger partial charge in [0.25, 0.3) is 0 Å². The third-order valence-corrected chi connectivity index (χ3v) is 10.5. The normalized spacial score (nSPS) is 18.8.